The van der Waals surface area contributed by atoms with Crippen LogP contribution in [0.25, 0.3) is 21.8 Å². The van der Waals surface area contributed by atoms with Gasteiger partial charge in [-0.15, -0.1) is 0 Å². The Morgan fingerprint density at radius 2 is 0.918 bits per heavy atom. The molecular formula is C48H64N6O19. The van der Waals surface area contributed by atoms with E-state index in [2.05, 4.69) is 23.6 Å². The summed E-state index contributed by atoms with van der Waals surface area (Å²) in [5.41, 5.74) is 14.3. The van der Waals surface area contributed by atoms with E-state index in [1.165, 1.54) is 12.4 Å². The summed E-state index contributed by atoms with van der Waals surface area (Å²) in [6, 6.07) is 7.77. The Morgan fingerprint density at radius 3 is 1.15 bits per heavy atom. The number of piperidine rings is 2. The van der Waals surface area contributed by atoms with Crippen molar-refractivity contribution in [1.82, 2.24) is 9.13 Å². The summed E-state index contributed by atoms with van der Waals surface area (Å²) in [7, 11) is 3.19. The molecule has 6 atom stereocenters. The first-order valence-electron chi connectivity index (χ1n) is 23.1. The number of aliphatic hydroxyl groups excluding tert-OH is 2. The van der Waals surface area contributed by atoms with Gasteiger partial charge in [-0.05, 0) is 74.6 Å². The minimum Gasteiger partial charge on any atom is -0.492 e. The number of fused-ring (bicyclic) bond motifs is 2. The van der Waals surface area contributed by atoms with Gasteiger partial charge >= 0.3 is 35.8 Å². The average Bonchev–Trinajstić information content (AvgIpc) is 4.24. The Labute approximate surface area is 416 Å². The first-order valence-corrected chi connectivity index (χ1v) is 23.1. The van der Waals surface area contributed by atoms with Crippen LogP contribution in [0.1, 0.15) is 98.0 Å². The highest BCUT2D eigenvalue weighted by atomic mass is 16.5. The molecule has 73 heavy (non-hydrogen) atoms. The van der Waals surface area contributed by atoms with Gasteiger partial charge in [-0.3, -0.25) is 19.2 Å². The first-order chi connectivity index (χ1) is 33.9. The molecule has 2 aliphatic carbocycles. The summed E-state index contributed by atoms with van der Waals surface area (Å²) in [5, 5.41) is 67.9. The zero-order valence-electron chi connectivity index (χ0n) is 40.7. The van der Waals surface area contributed by atoms with E-state index in [0.717, 1.165) is 76.1 Å². The highest BCUT2D eigenvalue weighted by Crippen LogP contribution is 2.44. The lowest BCUT2D eigenvalue weighted by atomic mass is 9.95. The summed E-state index contributed by atoms with van der Waals surface area (Å²) in [5.74, 6) is -5.91. The molecule has 0 radical (unpaired) electrons. The van der Waals surface area contributed by atoms with Gasteiger partial charge in [0.25, 0.3) is 0 Å². The molecule has 4 aliphatic rings. The van der Waals surface area contributed by atoms with E-state index in [-0.39, 0.29) is 40.8 Å². The number of pyridine rings is 2. The number of nitrogens with zero attached hydrogens (tertiary/aromatic N) is 4. The molecule has 0 spiro atoms. The Hall–Kier alpha value is -7.32. The zero-order chi connectivity index (χ0) is 53.5. The number of ether oxygens (including phenoxy) is 2. The number of anilines is 2. The van der Waals surface area contributed by atoms with Crippen molar-refractivity contribution >= 4 is 69.0 Å². The molecule has 4 fully saturated rings. The molecule has 4 aromatic rings. The van der Waals surface area contributed by atoms with E-state index in [0.29, 0.717) is 45.1 Å². The standard InChI is InChI=1S/2C20H25N3O4.2C4H6O5.H2O/c2*1-11-7-12(21)9-22(8-11)16-6-5-14-17(19(16)27-2)23(13-3-4-13)10-15(18(14)24)20(25)26;2*5-2(4(8)9)1-3(6)7;/h2*5-6,10-13H,3-4,7-9,21H2,1-2H3,(H,25,26);2*2,5H,1H2,(H,6,7)(H,8,9);1H2/t2*11-,12-;;;/m00.../s1. The number of methoxy groups -OCH3 is 2. The summed E-state index contributed by atoms with van der Waals surface area (Å²) in [6.07, 6.45) is 3.71. The monoisotopic (exact) mass is 1030 g/mol. The Morgan fingerprint density at radius 1 is 0.589 bits per heavy atom. The third-order valence-electron chi connectivity index (χ3n) is 12.4. The molecular weight excluding hydrogens is 965 g/mol. The largest absolute Gasteiger partial charge is 0.492 e. The predicted molar refractivity (Wildman–Crippen MR) is 263 cm³/mol. The van der Waals surface area contributed by atoms with E-state index < -0.39 is 71.7 Å². The molecule has 0 amide bonds. The number of benzene rings is 2. The topological polar surface area (TPSA) is 417 Å². The third kappa shape index (κ3) is 14.4. The van der Waals surface area contributed by atoms with E-state index in [1.54, 1.807) is 26.4 Å². The van der Waals surface area contributed by atoms with Crippen LogP contribution in [0.5, 0.6) is 11.5 Å². The molecule has 25 heteroatoms. The highest BCUT2D eigenvalue weighted by Gasteiger charge is 2.33. The van der Waals surface area contributed by atoms with Crippen molar-refractivity contribution < 1.29 is 84.6 Å². The van der Waals surface area contributed by atoms with Crippen molar-refractivity contribution in [2.24, 2.45) is 23.3 Å². The number of aliphatic carboxylic acids is 4. The number of aromatic carboxylic acids is 2. The lowest BCUT2D eigenvalue weighted by molar-refractivity contribution is -0.153. The summed E-state index contributed by atoms with van der Waals surface area (Å²) in [4.78, 5) is 91.8. The van der Waals surface area contributed by atoms with Crippen LogP contribution in [0, 0.1) is 11.8 Å². The van der Waals surface area contributed by atoms with Gasteiger partial charge in [0.05, 0.1) is 60.2 Å². The number of carboxylic acids is 6. The second-order valence-electron chi connectivity index (χ2n) is 18.6. The van der Waals surface area contributed by atoms with Crippen LogP contribution in [-0.4, -0.2) is 156 Å². The lowest BCUT2D eigenvalue weighted by Gasteiger charge is -2.37. The quantitative estimate of drug-likeness (QED) is 0.0853. The van der Waals surface area contributed by atoms with Crippen LogP contribution in [-0.2, 0) is 19.2 Å². The van der Waals surface area contributed by atoms with Gasteiger partial charge in [-0.2, -0.15) is 0 Å². The number of hydrogen-bond acceptors (Lipinski definition) is 16. The van der Waals surface area contributed by atoms with Gasteiger partial charge in [0, 0.05) is 62.7 Å². The Kier molecular flexibility index (Phi) is 19.9. The van der Waals surface area contributed by atoms with Crippen molar-refractivity contribution in [1.29, 1.82) is 0 Å². The summed E-state index contributed by atoms with van der Waals surface area (Å²) in [6.45, 7) is 7.56. The van der Waals surface area contributed by atoms with Gasteiger partial charge in [0.15, 0.2) is 23.7 Å². The van der Waals surface area contributed by atoms with Gasteiger partial charge in [0.1, 0.15) is 11.1 Å². The third-order valence-corrected chi connectivity index (χ3v) is 12.4. The predicted octanol–water partition coefficient (Wildman–Crippen LogP) is 1.42. The molecule has 2 aliphatic heterocycles. The Bertz CT molecular complexity index is 2610. The second kappa shape index (κ2) is 24.9. The number of nitrogens with two attached hydrogens (primary N) is 2. The van der Waals surface area contributed by atoms with Crippen LogP contribution in [0.2, 0.25) is 0 Å². The molecule has 0 bridgehead atoms. The molecule has 8 rings (SSSR count). The normalized spacial score (nSPS) is 20.0. The van der Waals surface area contributed by atoms with E-state index >= 15 is 0 Å². The van der Waals surface area contributed by atoms with Crippen molar-refractivity contribution in [3.8, 4) is 11.5 Å². The second-order valence-corrected chi connectivity index (χ2v) is 18.6. The maximum atomic E-state index is 12.7. The van der Waals surface area contributed by atoms with Crippen LogP contribution < -0.4 is 41.6 Å². The SMILES string of the molecule is COc1c(N2C[C@@H](C)C[C@H](N)C2)ccc2c(=O)c(C(=O)O)cn(C3CC3)c12.COc1c(N2C[C@@H](C)C[C@H](N)C2)ccc2c(=O)c(C(=O)O)cn(C3CC3)c12.O.O=C(O)CC(O)C(=O)O.O=C(O)CC(O)C(=O)O. The van der Waals surface area contributed by atoms with Crippen LogP contribution in [0.15, 0.2) is 46.2 Å². The van der Waals surface area contributed by atoms with Crippen LogP contribution >= 0.6 is 0 Å². The van der Waals surface area contributed by atoms with Crippen LogP contribution in [0.3, 0.4) is 0 Å². The number of carboxylic acid groups (broad SMARTS) is 6. The van der Waals surface area contributed by atoms with Gasteiger partial charge in [-0.25, -0.2) is 19.2 Å². The van der Waals surface area contributed by atoms with Gasteiger partial charge in [-0.1, -0.05) is 13.8 Å². The number of rotatable bonds is 14. The summed E-state index contributed by atoms with van der Waals surface area (Å²) >= 11 is 0. The molecule has 2 unspecified atom stereocenters. The fourth-order valence-corrected chi connectivity index (χ4v) is 9.00. The van der Waals surface area contributed by atoms with E-state index in [4.69, 9.17) is 51.6 Å². The highest BCUT2D eigenvalue weighted by molar-refractivity contribution is 5.98. The molecule has 2 aromatic carbocycles. The molecule has 25 nitrogen and oxygen atoms in total. The average molecular weight is 1030 g/mol. The fourth-order valence-electron chi connectivity index (χ4n) is 9.00. The smallest absolute Gasteiger partial charge is 0.341 e. The van der Waals surface area contributed by atoms with E-state index in [1.807, 2.05) is 21.3 Å². The molecule has 14 N–H and O–H groups in total. The minimum atomic E-state index is -1.79. The minimum absolute atomic E-state index is 0. The van der Waals surface area contributed by atoms with Crippen LogP contribution in [0.4, 0.5) is 11.4 Å². The molecule has 400 valence electrons. The molecule has 4 heterocycles. The number of carbonyl (C=O) groups is 6. The van der Waals surface area contributed by atoms with Crippen molar-refractivity contribution in [3.05, 3.63) is 68.2 Å². The number of aliphatic hydroxyl groups is 2. The summed E-state index contributed by atoms with van der Waals surface area (Å²) < 4.78 is 15.4. The maximum Gasteiger partial charge on any atom is 0.341 e. The maximum absolute atomic E-state index is 12.7. The zero-order valence-corrected chi connectivity index (χ0v) is 40.7. The first kappa shape index (κ1) is 58.3. The number of aromatic nitrogens is 2. The fraction of sp³-hybridized carbons (Fsp3) is 0.500. The van der Waals surface area contributed by atoms with Gasteiger partial charge < -0.3 is 86.2 Å². The molecule has 2 saturated heterocycles. The Balaban J connectivity index is 0.000000236. The van der Waals surface area contributed by atoms with Crippen molar-refractivity contribution in [2.75, 3.05) is 50.2 Å². The van der Waals surface area contributed by atoms with Gasteiger partial charge in [0.2, 0.25) is 10.9 Å². The lowest BCUT2D eigenvalue weighted by Crippen LogP contribution is -2.46. The molecule has 2 aromatic heterocycles. The van der Waals surface area contributed by atoms with Crippen molar-refractivity contribution in [3.63, 3.8) is 0 Å². The number of hydrogen-bond donors (Lipinski definition) is 10. The molecule has 2 saturated carbocycles. The van der Waals surface area contributed by atoms with Crippen molar-refractivity contribution in [2.45, 2.75) is 102 Å². The van der Waals surface area contributed by atoms with E-state index in [9.17, 15) is 48.6 Å².